The summed E-state index contributed by atoms with van der Waals surface area (Å²) in [4.78, 5) is 11.7. The first-order valence-electron chi connectivity index (χ1n) is 5.48. The smallest absolute Gasteiger partial charge is 0.260 e. The van der Waals surface area contributed by atoms with Crippen molar-refractivity contribution in [1.29, 1.82) is 0 Å². The summed E-state index contributed by atoms with van der Waals surface area (Å²) >= 11 is 11.6. The van der Waals surface area contributed by atoms with E-state index in [0.717, 1.165) is 12.8 Å². The van der Waals surface area contributed by atoms with Crippen molar-refractivity contribution in [2.45, 2.75) is 31.9 Å². The van der Waals surface area contributed by atoms with Crippen molar-refractivity contribution in [3.63, 3.8) is 0 Å². The Morgan fingerprint density at radius 3 is 2.71 bits per heavy atom. The van der Waals surface area contributed by atoms with Gasteiger partial charge in [-0.25, -0.2) is 0 Å². The second kappa shape index (κ2) is 5.15. The van der Waals surface area contributed by atoms with Crippen LogP contribution in [0.25, 0.3) is 0 Å². The van der Waals surface area contributed by atoms with Crippen LogP contribution < -0.4 is 10.1 Å². The van der Waals surface area contributed by atoms with E-state index in [4.69, 9.17) is 27.9 Å². The number of carbonyl (C=O) groups is 1. The van der Waals surface area contributed by atoms with E-state index >= 15 is 0 Å². The molecule has 1 atom stereocenters. The minimum atomic E-state index is -0.534. The highest BCUT2D eigenvalue weighted by molar-refractivity contribution is 6.42. The molecule has 0 aromatic heterocycles. The standard InChI is InChI=1S/C12H13Cl2NO2/c1-7(12(16)15-8-2-3-8)17-9-4-5-10(13)11(14)6-9/h4-8H,2-3H2,1H3,(H,15,16). The van der Waals surface area contributed by atoms with Gasteiger partial charge in [-0.05, 0) is 31.9 Å². The van der Waals surface area contributed by atoms with Crippen LogP contribution in [-0.2, 0) is 4.79 Å². The van der Waals surface area contributed by atoms with Gasteiger partial charge in [-0.1, -0.05) is 23.2 Å². The number of carbonyl (C=O) groups excluding carboxylic acids is 1. The maximum absolute atomic E-state index is 11.7. The molecule has 17 heavy (non-hydrogen) atoms. The first kappa shape index (κ1) is 12.5. The molecule has 1 aliphatic carbocycles. The summed E-state index contributed by atoms with van der Waals surface area (Å²) in [5, 5.41) is 3.76. The molecule has 1 fully saturated rings. The summed E-state index contributed by atoms with van der Waals surface area (Å²) in [5.41, 5.74) is 0. The summed E-state index contributed by atoms with van der Waals surface area (Å²) in [5.74, 6) is 0.441. The zero-order valence-electron chi connectivity index (χ0n) is 9.37. The molecule has 3 nitrogen and oxygen atoms in total. The van der Waals surface area contributed by atoms with Crippen molar-refractivity contribution < 1.29 is 9.53 Å². The molecule has 2 rings (SSSR count). The van der Waals surface area contributed by atoms with E-state index in [9.17, 15) is 4.79 Å². The summed E-state index contributed by atoms with van der Waals surface area (Å²) < 4.78 is 5.49. The van der Waals surface area contributed by atoms with Gasteiger partial charge < -0.3 is 10.1 Å². The second-order valence-corrected chi connectivity index (χ2v) is 4.93. The summed E-state index contributed by atoms with van der Waals surface area (Å²) in [7, 11) is 0. The van der Waals surface area contributed by atoms with Crippen LogP contribution in [0.4, 0.5) is 0 Å². The number of benzene rings is 1. The molecular weight excluding hydrogens is 261 g/mol. The number of amides is 1. The van der Waals surface area contributed by atoms with Gasteiger partial charge in [-0.3, -0.25) is 4.79 Å². The third-order valence-corrected chi connectivity index (χ3v) is 3.24. The van der Waals surface area contributed by atoms with Crippen LogP contribution in [0.15, 0.2) is 18.2 Å². The van der Waals surface area contributed by atoms with Crippen LogP contribution in [0.2, 0.25) is 10.0 Å². The van der Waals surface area contributed by atoms with Gasteiger partial charge in [-0.2, -0.15) is 0 Å². The molecule has 0 radical (unpaired) electrons. The molecule has 1 aliphatic rings. The van der Waals surface area contributed by atoms with E-state index in [1.54, 1.807) is 25.1 Å². The monoisotopic (exact) mass is 273 g/mol. The van der Waals surface area contributed by atoms with E-state index in [0.29, 0.717) is 21.8 Å². The van der Waals surface area contributed by atoms with Gasteiger partial charge in [-0.15, -0.1) is 0 Å². The second-order valence-electron chi connectivity index (χ2n) is 4.12. The van der Waals surface area contributed by atoms with Crippen LogP contribution in [-0.4, -0.2) is 18.1 Å². The maximum Gasteiger partial charge on any atom is 0.260 e. The number of rotatable bonds is 4. The quantitative estimate of drug-likeness (QED) is 0.916. The Morgan fingerprint density at radius 1 is 1.41 bits per heavy atom. The highest BCUT2D eigenvalue weighted by atomic mass is 35.5. The van der Waals surface area contributed by atoms with Crippen LogP contribution in [0.5, 0.6) is 5.75 Å². The molecule has 0 spiro atoms. The lowest BCUT2D eigenvalue weighted by atomic mass is 10.3. The average molecular weight is 274 g/mol. The highest BCUT2D eigenvalue weighted by Crippen LogP contribution is 2.27. The zero-order chi connectivity index (χ0) is 12.4. The number of halogens is 2. The molecule has 0 bridgehead atoms. The van der Waals surface area contributed by atoms with Gasteiger partial charge in [0, 0.05) is 12.1 Å². The summed E-state index contributed by atoms with van der Waals surface area (Å²) in [6.45, 7) is 1.71. The number of hydrogen-bond donors (Lipinski definition) is 1. The topological polar surface area (TPSA) is 38.3 Å². The minimum absolute atomic E-state index is 0.0985. The minimum Gasteiger partial charge on any atom is -0.481 e. The molecule has 92 valence electrons. The fourth-order valence-electron chi connectivity index (χ4n) is 1.35. The van der Waals surface area contributed by atoms with Crippen molar-refractivity contribution in [2.75, 3.05) is 0 Å². The van der Waals surface area contributed by atoms with Crippen molar-refractivity contribution >= 4 is 29.1 Å². The van der Waals surface area contributed by atoms with E-state index in [2.05, 4.69) is 5.32 Å². The summed E-state index contributed by atoms with van der Waals surface area (Å²) in [6, 6.07) is 5.27. The first-order chi connectivity index (χ1) is 8.06. The molecule has 1 aromatic carbocycles. The number of ether oxygens (including phenoxy) is 1. The SMILES string of the molecule is CC(Oc1ccc(Cl)c(Cl)c1)C(=O)NC1CC1. The Hall–Kier alpha value is -0.930. The number of nitrogens with one attached hydrogen (secondary N) is 1. The Labute approximate surface area is 110 Å². The Kier molecular flexibility index (Phi) is 3.79. The fraction of sp³-hybridized carbons (Fsp3) is 0.417. The molecule has 0 heterocycles. The van der Waals surface area contributed by atoms with Crippen LogP contribution >= 0.6 is 23.2 Å². The van der Waals surface area contributed by atoms with Crippen molar-refractivity contribution in [3.8, 4) is 5.75 Å². The molecule has 1 unspecified atom stereocenters. The fourth-order valence-corrected chi connectivity index (χ4v) is 1.64. The first-order valence-corrected chi connectivity index (χ1v) is 6.24. The van der Waals surface area contributed by atoms with Crippen molar-refractivity contribution in [3.05, 3.63) is 28.2 Å². The maximum atomic E-state index is 11.7. The highest BCUT2D eigenvalue weighted by Gasteiger charge is 2.26. The molecule has 1 aromatic rings. The van der Waals surface area contributed by atoms with Crippen molar-refractivity contribution in [1.82, 2.24) is 5.32 Å². The normalized spacial score (nSPS) is 16.4. The molecule has 1 saturated carbocycles. The lowest BCUT2D eigenvalue weighted by Gasteiger charge is -2.14. The van der Waals surface area contributed by atoms with E-state index in [1.165, 1.54) is 0 Å². The van der Waals surface area contributed by atoms with Crippen LogP contribution in [0, 0.1) is 0 Å². The Morgan fingerprint density at radius 2 is 2.12 bits per heavy atom. The Balaban J connectivity index is 1.94. The Bertz CT molecular complexity index is 433. The predicted molar refractivity (Wildman–Crippen MR) is 67.7 cm³/mol. The van der Waals surface area contributed by atoms with Gasteiger partial charge in [0.25, 0.3) is 5.91 Å². The van der Waals surface area contributed by atoms with Gasteiger partial charge >= 0.3 is 0 Å². The van der Waals surface area contributed by atoms with Gasteiger partial charge in [0.15, 0.2) is 6.10 Å². The molecule has 1 amide bonds. The molecular formula is C12H13Cl2NO2. The molecule has 1 N–H and O–H groups in total. The predicted octanol–water partition coefficient (Wildman–Crippen LogP) is 3.04. The third kappa shape index (κ3) is 3.51. The van der Waals surface area contributed by atoms with Gasteiger partial charge in [0.2, 0.25) is 0 Å². The lowest BCUT2D eigenvalue weighted by Crippen LogP contribution is -2.37. The molecule has 5 heteroatoms. The zero-order valence-corrected chi connectivity index (χ0v) is 10.9. The average Bonchev–Trinajstić information content (AvgIpc) is 3.07. The lowest BCUT2D eigenvalue weighted by molar-refractivity contribution is -0.127. The summed E-state index contributed by atoms with van der Waals surface area (Å²) in [6.07, 6.45) is 1.59. The largest absolute Gasteiger partial charge is 0.481 e. The van der Waals surface area contributed by atoms with Crippen LogP contribution in [0.3, 0.4) is 0 Å². The van der Waals surface area contributed by atoms with E-state index < -0.39 is 6.10 Å². The van der Waals surface area contributed by atoms with Gasteiger partial charge in [0.05, 0.1) is 10.0 Å². The van der Waals surface area contributed by atoms with E-state index in [1.807, 2.05) is 0 Å². The van der Waals surface area contributed by atoms with Crippen LogP contribution in [0.1, 0.15) is 19.8 Å². The van der Waals surface area contributed by atoms with Gasteiger partial charge in [0.1, 0.15) is 5.75 Å². The van der Waals surface area contributed by atoms with E-state index in [-0.39, 0.29) is 5.91 Å². The van der Waals surface area contributed by atoms with Crippen molar-refractivity contribution in [2.24, 2.45) is 0 Å². The molecule has 0 aliphatic heterocycles. The molecule has 0 saturated heterocycles. The third-order valence-electron chi connectivity index (χ3n) is 2.50. The number of hydrogen-bond acceptors (Lipinski definition) is 2.